The van der Waals surface area contributed by atoms with Gasteiger partial charge in [-0.25, -0.2) is 0 Å². The smallest absolute Gasteiger partial charge is 0.246 e. The van der Waals surface area contributed by atoms with E-state index in [4.69, 9.17) is 0 Å². The van der Waals surface area contributed by atoms with E-state index in [9.17, 15) is 14.4 Å². The zero-order chi connectivity index (χ0) is 20.1. The minimum Gasteiger partial charge on any atom is -0.328 e. The van der Waals surface area contributed by atoms with Gasteiger partial charge in [-0.1, -0.05) is 48.0 Å². The van der Waals surface area contributed by atoms with Gasteiger partial charge in [0.15, 0.2) is 0 Å². The molecule has 1 heterocycles. The number of hydrogen-bond donors (Lipinski definition) is 0. The summed E-state index contributed by atoms with van der Waals surface area (Å²) in [6.07, 6.45) is 1.03. The molecule has 0 aliphatic carbocycles. The number of amides is 2. The second kappa shape index (κ2) is 8.83. The fraction of sp³-hybridized carbons (Fsp3) is 0.348. The minimum absolute atomic E-state index is 0.0161. The van der Waals surface area contributed by atoms with Crippen molar-refractivity contribution in [3.8, 4) is 0 Å². The lowest BCUT2D eigenvalue weighted by molar-refractivity contribution is -0.140. The zero-order valence-corrected chi connectivity index (χ0v) is 16.4. The first kappa shape index (κ1) is 19.8. The molecule has 0 aromatic heterocycles. The number of ketones is 1. The van der Waals surface area contributed by atoms with Gasteiger partial charge < -0.3 is 14.6 Å². The van der Waals surface area contributed by atoms with Crippen molar-refractivity contribution in [2.24, 2.45) is 0 Å². The Kier molecular flexibility index (Phi) is 6.24. The van der Waals surface area contributed by atoms with Crippen LogP contribution in [0, 0.1) is 6.92 Å². The molecule has 2 aromatic rings. The van der Waals surface area contributed by atoms with Crippen molar-refractivity contribution in [2.75, 3.05) is 18.0 Å². The topological polar surface area (TPSA) is 57.7 Å². The highest BCUT2D eigenvalue weighted by molar-refractivity contribution is 5.98. The highest BCUT2D eigenvalue weighted by Gasteiger charge is 2.35. The minimum atomic E-state index is -0.131. The van der Waals surface area contributed by atoms with E-state index in [1.165, 1.54) is 6.92 Å². The van der Waals surface area contributed by atoms with Gasteiger partial charge in [-0.15, -0.1) is 0 Å². The van der Waals surface area contributed by atoms with E-state index in [0.717, 1.165) is 16.8 Å². The van der Waals surface area contributed by atoms with E-state index in [-0.39, 0.29) is 43.0 Å². The highest BCUT2D eigenvalue weighted by atomic mass is 16.2. The summed E-state index contributed by atoms with van der Waals surface area (Å²) in [5, 5.41) is 0. The number of carbonyl (C=O) groups is 3. The van der Waals surface area contributed by atoms with Crippen LogP contribution in [-0.2, 0) is 20.8 Å². The fourth-order valence-electron chi connectivity index (χ4n) is 3.52. The summed E-state index contributed by atoms with van der Waals surface area (Å²) in [7, 11) is 0. The molecule has 0 saturated carbocycles. The molecule has 2 amide bonds. The van der Waals surface area contributed by atoms with Crippen molar-refractivity contribution in [3.05, 3.63) is 65.7 Å². The molecule has 5 heteroatoms. The van der Waals surface area contributed by atoms with Crippen LogP contribution in [0.4, 0.5) is 5.69 Å². The van der Waals surface area contributed by atoms with Gasteiger partial charge in [-0.3, -0.25) is 9.59 Å². The van der Waals surface area contributed by atoms with Crippen LogP contribution in [0.5, 0.6) is 0 Å². The van der Waals surface area contributed by atoms with Gasteiger partial charge in [-0.2, -0.15) is 0 Å². The number of piperazine rings is 1. The normalized spacial score (nSPS) is 16.9. The first-order chi connectivity index (χ1) is 13.4. The molecule has 0 radical (unpaired) electrons. The number of anilines is 1. The van der Waals surface area contributed by atoms with Gasteiger partial charge in [0, 0.05) is 25.1 Å². The Morgan fingerprint density at radius 3 is 2.32 bits per heavy atom. The second-order valence-corrected chi connectivity index (χ2v) is 7.41. The van der Waals surface area contributed by atoms with Gasteiger partial charge in [0.25, 0.3) is 0 Å². The first-order valence-corrected chi connectivity index (χ1v) is 9.64. The predicted molar refractivity (Wildman–Crippen MR) is 109 cm³/mol. The van der Waals surface area contributed by atoms with Crippen molar-refractivity contribution in [1.29, 1.82) is 0 Å². The van der Waals surface area contributed by atoms with Crippen molar-refractivity contribution >= 4 is 23.3 Å². The number of benzene rings is 2. The predicted octanol–water partition coefficient (Wildman–Crippen LogP) is 3.15. The third-order valence-corrected chi connectivity index (χ3v) is 5.11. The molecule has 1 saturated heterocycles. The standard InChI is InChI=1S/C23H26N2O3/c1-17-8-11-20(12-9-17)24-15-21(14-19-6-4-3-5-7-19)25(16-23(24)28)22(27)13-10-18(2)26/h3-9,11-12,21H,10,13-16H2,1-2H3/t21-/m0/s1. The summed E-state index contributed by atoms with van der Waals surface area (Å²) in [4.78, 5) is 40.2. The Bertz CT molecular complexity index is 846. The molecule has 146 valence electrons. The molecule has 1 atom stereocenters. The lowest BCUT2D eigenvalue weighted by Gasteiger charge is -2.41. The Morgan fingerprint density at radius 2 is 1.68 bits per heavy atom. The van der Waals surface area contributed by atoms with Crippen LogP contribution in [-0.4, -0.2) is 41.6 Å². The summed E-state index contributed by atoms with van der Waals surface area (Å²) < 4.78 is 0. The number of carbonyl (C=O) groups excluding carboxylic acids is 3. The van der Waals surface area contributed by atoms with Crippen LogP contribution < -0.4 is 4.90 Å². The molecule has 0 bridgehead atoms. The maximum absolute atomic E-state index is 12.8. The molecule has 0 spiro atoms. The number of hydrogen-bond acceptors (Lipinski definition) is 3. The van der Waals surface area contributed by atoms with Crippen molar-refractivity contribution in [2.45, 2.75) is 39.2 Å². The number of rotatable bonds is 6. The Labute approximate surface area is 166 Å². The number of Topliss-reactive ketones (excluding diaryl/α,β-unsaturated/α-hetero) is 1. The van der Waals surface area contributed by atoms with Gasteiger partial charge in [0.2, 0.25) is 11.8 Å². The lowest BCUT2D eigenvalue weighted by atomic mass is 10.0. The van der Waals surface area contributed by atoms with E-state index in [1.807, 2.05) is 61.5 Å². The van der Waals surface area contributed by atoms with Crippen LogP contribution in [0.2, 0.25) is 0 Å². The third-order valence-electron chi connectivity index (χ3n) is 5.11. The van der Waals surface area contributed by atoms with E-state index < -0.39 is 0 Å². The third kappa shape index (κ3) is 4.85. The van der Waals surface area contributed by atoms with Crippen molar-refractivity contribution in [3.63, 3.8) is 0 Å². The van der Waals surface area contributed by atoms with Gasteiger partial charge in [-0.05, 0) is 38.0 Å². The second-order valence-electron chi connectivity index (χ2n) is 7.41. The first-order valence-electron chi connectivity index (χ1n) is 9.64. The Balaban J connectivity index is 1.83. The summed E-state index contributed by atoms with van der Waals surface area (Å²) in [5.41, 5.74) is 3.11. The maximum Gasteiger partial charge on any atom is 0.246 e. The van der Waals surface area contributed by atoms with Crippen molar-refractivity contribution in [1.82, 2.24) is 4.90 Å². The molecule has 28 heavy (non-hydrogen) atoms. The summed E-state index contributed by atoms with van der Waals surface area (Å²) in [6, 6.07) is 17.7. The average molecular weight is 378 g/mol. The molecular formula is C23H26N2O3. The van der Waals surface area contributed by atoms with Gasteiger partial charge >= 0.3 is 0 Å². The largest absolute Gasteiger partial charge is 0.328 e. The zero-order valence-electron chi connectivity index (χ0n) is 16.4. The highest BCUT2D eigenvalue weighted by Crippen LogP contribution is 2.23. The molecule has 1 fully saturated rings. The maximum atomic E-state index is 12.8. The Morgan fingerprint density at radius 1 is 1.00 bits per heavy atom. The molecular weight excluding hydrogens is 352 g/mol. The quantitative estimate of drug-likeness (QED) is 0.776. The summed E-state index contributed by atoms with van der Waals surface area (Å²) in [5.74, 6) is -0.241. The Hall–Kier alpha value is -2.95. The average Bonchev–Trinajstić information content (AvgIpc) is 2.68. The summed E-state index contributed by atoms with van der Waals surface area (Å²) >= 11 is 0. The fourth-order valence-corrected chi connectivity index (χ4v) is 3.52. The van der Waals surface area contributed by atoms with Crippen molar-refractivity contribution < 1.29 is 14.4 Å². The van der Waals surface area contributed by atoms with Crippen LogP contribution in [0.1, 0.15) is 30.9 Å². The van der Waals surface area contributed by atoms with Crippen LogP contribution in [0.25, 0.3) is 0 Å². The molecule has 1 aliphatic heterocycles. The molecule has 5 nitrogen and oxygen atoms in total. The molecule has 0 N–H and O–H groups in total. The number of aryl methyl sites for hydroxylation is 1. The van der Waals surface area contributed by atoms with E-state index >= 15 is 0 Å². The SMILES string of the molecule is CC(=O)CCC(=O)N1CC(=O)N(c2ccc(C)cc2)C[C@@H]1Cc1ccccc1. The lowest BCUT2D eigenvalue weighted by Crippen LogP contribution is -2.59. The summed E-state index contributed by atoms with van der Waals surface area (Å²) in [6.45, 7) is 3.98. The number of nitrogens with zero attached hydrogens (tertiary/aromatic N) is 2. The molecule has 0 unspecified atom stereocenters. The molecule has 3 rings (SSSR count). The van der Waals surface area contributed by atoms with E-state index in [0.29, 0.717) is 13.0 Å². The molecule has 2 aromatic carbocycles. The van der Waals surface area contributed by atoms with Gasteiger partial charge in [0.05, 0.1) is 6.04 Å². The van der Waals surface area contributed by atoms with E-state index in [2.05, 4.69) is 0 Å². The van der Waals surface area contributed by atoms with Crippen LogP contribution in [0.15, 0.2) is 54.6 Å². The van der Waals surface area contributed by atoms with Crippen LogP contribution >= 0.6 is 0 Å². The van der Waals surface area contributed by atoms with Gasteiger partial charge in [0.1, 0.15) is 12.3 Å². The molecule has 1 aliphatic rings. The van der Waals surface area contributed by atoms with Crippen LogP contribution in [0.3, 0.4) is 0 Å². The monoisotopic (exact) mass is 378 g/mol. The van der Waals surface area contributed by atoms with E-state index in [1.54, 1.807) is 9.80 Å².